The number of methoxy groups -OCH3 is 1. The molecular formula is C14H16ClNO4S. The number of hydrogen-bond acceptors (Lipinski definition) is 4. The van der Waals surface area contributed by atoms with Crippen LogP contribution >= 0.6 is 11.6 Å². The first kappa shape index (κ1) is 16.0. The first-order valence-corrected chi connectivity index (χ1v) is 8.32. The van der Waals surface area contributed by atoms with Gasteiger partial charge in [-0.25, -0.2) is 8.42 Å². The molecule has 0 spiro atoms. The van der Waals surface area contributed by atoms with Gasteiger partial charge in [0.25, 0.3) is 0 Å². The molecular weight excluding hydrogens is 314 g/mol. The third kappa shape index (κ3) is 4.06. The van der Waals surface area contributed by atoms with E-state index in [-0.39, 0.29) is 18.4 Å². The molecule has 0 amide bonds. The maximum atomic E-state index is 12.2. The number of carbonyl (C=O) groups is 1. The van der Waals surface area contributed by atoms with E-state index in [0.717, 1.165) is 11.0 Å². The Morgan fingerprint density at radius 1 is 1.38 bits per heavy atom. The van der Waals surface area contributed by atoms with Crippen molar-refractivity contribution in [2.75, 3.05) is 20.2 Å². The van der Waals surface area contributed by atoms with Gasteiger partial charge in [0.15, 0.2) is 0 Å². The van der Waals surface area contributed by atoms with E-state index in [4.69, 9.17) is 11.6 Å². The smallest absolute Gasteiger partial charge is 0.310 e. The third-order valence-corrected chi connectivity index (χ3v) is 5.13. The van der Waals surface area contributed by atoms with E-state index in [0.29, 0.717) is 18.0 Å². The van der Waals surface area contributed by atoms with Crippen molar-refractivity contribution in [1.82, 2.24) is 4.31 Å². The lowest BCUT2D eigenvalue weighted by Gasteiger charge is -2.13. The van der Waals surface area contributed by atoms with Crippen LogP contribution in [0.3, 0.4) is 0 Å². The number of nitrogens with zero attached hydrogens (tertiary/aromatic N) is 1. The molecule has 1 fully saturated rings. The number of halogens is 1. The van der Waals surface area contributed by atoms with E-state index >= 15 is 0 Å². The summed E-state index contributed by atoms with van der Waals surface area (Å²) in [6.07, 6.45) is 2.00. The number of sulfonamides is 1. The van der Waals surface area contributed by atoms with Gasteiger partial charge in [0, 0.05) is 23.5 Å². The molecule has 5 nitrogen and oxygen atoms in total. The molecule has 1 atom stereocenters. The molecule has 1 aliphatic rings. The summed E-state index contributed by atoms with van der Waals surface area (Å²) in [6, 6.07) is 6.85. The first-order chi connectivity index (χ1) is 9.92. The third-order valence-electron chi connectivity index (χ3n) is 3.35. The summed E-state index contributed by atoms with van der Waals surface area (Å²) < 4.78 is 30.3. The molecule has 1 aliphatic heterocycles. The van der Waals surface area contributed by atoms with E-state index in [9.17, 15) is 13.2 Å². The summed E-state index contributed by atoms with van der Waals surface area (Å²) in [5.74, 6) is -0.747. The fourth-order valence-electron chi connectivity index (χ4n) is 2.14. The number of benzene rings is 1. The van der Waals surface area contributed by atoms with E-state index < -0.39 is 10.0 Å². The van der Waals surface area contributed by atoms with Gasteiger partial charge in [0.2, 0.25) is 10.0 Å². The second kappa shape index (κ2) is 6.60. The van der Waals surface area contributed by atoms with Crippen LogP contribution in [0.4, 0.5) is 0 Å². The summed E-state index contributed by atoms with van der Waals surface area (Å²) in [6.45, 7) is 0.493. The molecule has 0 N–H and O–H groups in total. The fourth-order valence-corrected chi connectivity index (χ4v) is 3.52. The molecule has 1 unspecified atom stereocenters. The molecule has 2 rings (SSSR count). The van der Waals surface area contributed by atoms with Crippen LogP contribution in [0.25, 0.3) is 6.08 Å². The van der Waals surface area contributed by atoms with Gasteiger partial charge < -0.3 is 4.74 Å². The molecule has 0 aliphatic carbocycles. The highest BCUT2D eigenvalue weighted by molar-refractivity contribution is 7.92. The lowest BCUT2D eigenvalue weighted by molar-refractivity contribution is -0.144. The Hall–Kier alpha value is -1.37. The Morgan fingerprint density at radius 3 is 2.67 bits per heavy atom. The maximum Gasteiger partial charge on any atom is 0.310 e. The van der Waals surface area contributed by atoms with E-state index in [2.05, 4.69) is 4.74 Å². The van der Waals surface area contributed by atoms with Crippen LogP contribution in [0, 0.1) is 5.92 Å². The van der Waals surface area contributed by atoms with Gasteiger partial charge in [-0.05, 0) is 30.2 Å². The van der Waals surface area contributed by atoms with Crippen molar-refractivity contribution < 1.29 is 17.9 Å². The quantitative estimate of drug-likeness (QED) is 0.794. The van der Waals surface area contributed by atoms with Crippen molar-refractivity contribution >= 4 is 33.7 Å². The number of ether oxygens (including phenoxy) is 1. The number of carbonyl (C=O) groups excluding carboxylic acids is 1. The van der Waals surface area contributed by atoms with Crippen LogP contribution in [0.15, 0.2) is 29.7 Å². The molecule has 0 radical (unpaired) electrons. The molecule has 7 heteroatoms. The standard InChI is InChI=1S/C14H16ClNO4S/c1-20-14(17)12-6-8-16(10-12)21(18,19)9-7-11-2-4-13(15)5-3-11/h2-5,7,9,12H,6,8,10H2,1H3/b9-7+. The zero-order chi connectivity index (χ0) is 15.5. The highest BCUT2D eigenvalue weighted by Gasteiger charge is 2.34. The predicted octanol–water partition coefficient (Wildman–Crippen LogP) is 2.14. The minimum atomic E-state index is -3.53. The lowest BCUT2D eigenvalue weighted by Crippen LogP contribution is -2.28. The number of rotatable bonds is 4. The van der Waals surface area contributed by atoms with Gasteiger partial charge in [0.05, 0.1) is 13.0 Å². The normalized spacial score (nSPS) is 20.0. The van der Waals surface area contributed by atoms with E-state index in [1.165, 1.54) is 17.5 Å². The van der Waals surface area contributed by atoms with Gasteiger partial charge in [-0.15, -0.1) is 0 Å². The topological polar surface area (TPSA) is 63.7 Å². The molecule has 0 aromatic heterocycles. The Bertz CT molecular complexity index is 639. The number of esters is 1. The molecule has 0 saturated carbocycles. The van der Waals surface area contributed by atoms with E-state index in [1.807, 2.05) is 0 Å². The molecule has 0 bridgehead atoms. The zero-order valence-electron chi connectivity index (χ0n) is 11.5. The monoisotopic (exact) mass is 329 g/mol. The fraction of sp³-hybridized carbons (Fsp3) is 0.357. The van der Waals surface area contributed by atoms with Crippen LogP contribution in [0.1, 0.15) is 12.0 Å². The highest BCUT2D eigenvalue weighted by atomic mass is 35.5. The van der Waals surface area contributed by atoms with Gasteiger partial charge in [-0.2, -0.15) is 4.31 Å². The Labute approximate surface area is 129 Å². The Morgan fingerprint density at radius 2 is 2.05 bits per heavy atom. The Kier molecular flexibility index (Phi) is 5.03. The van der Waals surface area contributed by atoms with Crippen LogP contribution in [-0.2, 0) is 19.6 Å². The predicted molar refractivity (Wildman–Crippen MR) is 81.1 cm³/mol. The zero-order valence-corrected chi connectivity index (χ0v) is 13.1. The van der Waals surface area contributed by atoms with Crippen LogP contribution in [0.2, 0.25) is 5.02 Å². The minimum absolute atomic E-state index is 0.167. The van der Waals surface area contributed by atoms with Crippen LogP contribution in [0.5, 0.6) is 0 Å². The molecule has 114 valence electrons. The highest BCUT2D eigenvalue weighted by Crippen LogP contribution is 2.22. The van der Waals surface area contributed by atoms with Gasteiger partial charge in [-0.3, -0.25) is 4.79 Å². The molecule has 1 heterocycles. The summed E-state index contributed by atoms with van der Waals surface area (Å²) >= 11 is 5.77. The Balaban J connectivity index is 2.05. The number of hydrogen-bond donors (Lipinski definition) is 0. The average Bonchev–Trinajstić information content (AvgIpc) is 2.96. The van der Waals surface area contributed by atoms with Gasteiger partial charge >= 0.3 is 5.97 Å². The molecule has 1 aromatic carbocycles. The summed E-state index contributed by atoms with van der Waals surface area (Å²) in [4.78, 5) is 11.4. The van der Waals surface area contributed by atoms with Gasteiger partial charge in [-0.1, -0.05) is 23.7 Å². The summed E-state index contributed by atoms with van der Waals surface area (Å²) in [7, 11) is -2.23. The average molecular weight is 330 g/mol. The van der Waals surface area contributed by atoms with Crippen molar-refractivity contribution in [3.63, 3.8) is 0 Å². The van der Waals surface area contributed by atoms with Gasteiger partial charge in [0.1, 0.15) is 0 Å². The molecule has 21 heavy (non-hydrogen) atoms. The van der Waals surface area contributed by atoms with Crippen LogP contribution < -0.4 is 0 Å². The van der Waals surface area contributed by atoms with Crippen LogP contribution in [-0.4, -0.2) is 38.9 Å². The van der Waals surface area contributed by atoms with Crippen molar-refractivity contribution in [3.05, 3.63) is 40.3 Å². The molecule has 1 aromatic rings. The van der Waals surface area contributed by atoms with Crippen molar-refractivity contribution in [1.29, 1.82) is 0 Å². The lowest BCUT2D eigenvalue weighted by atomic mass is 10.1. The maximum absolute atomic E-state index is 12.2. The van der Waals surface area contributed by atoms with E-state index in [1.54, 1.807) is 24.3 Å². The summed E-state index contributed by atoms with van der Waals surface area (Å²) in [5, 5.41) is 1.74. The second-order valence-corrected chi connectivity index (χ2v) is 7.02. The van der Waals surface area contributed by atoms with Crippen molar-refractivity contribution in [3.8, 4) is 0 Å². The SMILES string of the molecule is COC(=O)C1CCN(S(=O)(=O)/C=C/c2ccc(Cl)cc2)C1. The molecule has 1 saturated heterocycles. The first-order valence-electron chi connectivity index (χ1n) is 6.44. The second-order valence-electron chi connectivity index (χ2n) is 4.77. The van der Waals surface area contributed by atoms with Crippen molar-refractivity contribution in [2.24, 2.45) is 5.92 Å². The summed E-state index contributed by atoms with van der Waals surface area (Å²) in [5.41, 5.74) is 0.742. The largest absolute Gasteiger partial charge is 0.469 e. The minimum Gasteiger partial charge on any atom is -0.469 e. The van der Waals surface area contributed by atoms with Crippen molar-refractivity contribution in [2.45, 2.75) is 6.42 Å².